The third-order valence-electron chi connectivity index (χ3n) is 12.8. The van der Waals surface area contributed by atoms with Gasteiger partial charge in [-0.1, -0.05) is 264 Å². The van der Waals surface area contributed by atoms with Gasteiger partial charge in [0.2, 0.25) is 0 Å². The summed E-state index contributed by atoms with van der Waals surface area (Å²) >= 11 is 0. The highest BCUT2D eigenvalue weighted by Crippen LogP contribution is 2.17. The third kappa shape index (κ3) is 51.0. The second-order valence-corrected chi connectivity index (χ2v) is 19.2. The van der Waals surface area contributed by atoms with Crippen LogP contribution in [-0.4, -0.2) is 37.2 Å². The van der Waals surface area contributed by atoms with Crippen molar-refractivity contribution in [3.63, 3.8) is 0 Å². The SMILES string of the molecule is CCCCCC/C=C/CCCCCCCCCC(=O)O[C@H](COC(=O)CCCCCCCCCCCCCCC)COC(=O)CCCCCCCCCCCCCCCCCCC. The average Bonchev–Trinajstić information content (AvgIpc) is 3.28. The molecule has 0 aliphatic rings. The predicted octanol–water partition coefficient (Wildman–Crippen LogP) is 18.5. The van der Waals surface area contributed by atoms with Crippen molar-refractivity contribution in [3.05, 3.63) is 12.2 Å². The van der Waals surface area contributed by atoms with E-state index in [4.69, 9.17) is 14.2 Å². The summed E-state index contributed by atoms with van der Waals surface area (Å²) in [4.78, 5) is 38.1. The fraction of sp³-hybridized carbons (Fsp3) is 0.912. The van der Waals surface area contributed by atoms with Gasteiger partial charge in [-0.15, -0.1) is 0 Å². The minimum Gasteiger partial charge on any atom is -0.462 e. The van der Waals surface area contributed by atoms with Crippen LogP contribution < -0.4 is 0 Å². The fourth-order valence-electron chi connectivity index (χ4n) is 8.50. The van der Waals surface area contributed by atoms with Gasteiger partial charge in [0.1, 0.15) is 13.2 Å². The Morgan fingerprint density at radius 1 is 0.302 bits per heavy atom. The molecule has 0 fully saturated rings. The number of carbonyl (C=O) groups is 3. The van der Waals surface area contributed by atoms with E-state index in [1.165, 1.54) is 218 Å². The molecule has 0 heterocycles. The van der Waals surface area contributed by atoms with Crippen molar-refractivity contribution in [2.24, 2.45) is 0 Å². The van der Waals surface area contributed by atoms with Crippen LogP contribution in [0.2, 0.25) is 0 Å². The fourth-order valence-corrected chi connectivity index (χ4v) is 8.50. The molecule has 0 aliphatic heterocycles. The van der Waals surface area contributed by atoms with Crippen molar-refractivity contribution in [2.75, 3.05) is 13.2 Å². The Labute approximate surface area is 392 Å². The summed E-state index contributed by atoms with van der Waals surface area (Å²) in [5.41, 5.74) is 0. The molecule has 0 radical (unpaired) electrons. The number of hydrogen-bond donors (Lipinski definition) is 0. The highest BCUT2D eigenvalue weighted by atomic mass is 16.6. The first kappa shape index (κ1) is 61.1. The molecule has 0 spiro atoms. The first-order valence-electron chi connectivity index (χ1n) is 28.2. The number of esters is 3. The number of hydrogen-bond acceptors (Lipinski definition) is 6. The number of ether oxygens (including phenoxy) is 3. The van der Waals surface area contributed by atoms with Gasteiger partial charge < -0.3 is 14.2 Å². The van der Waals surface area contributed by atoms with Gasteiger partial charge in [0, 0.05) is 19.3 Å². The second kappa shape index (κ2) is 52.8. The lowest BCUT2D eigenvalue weighted by Gasteiger charge is -2.18. The monoisotopic (exact) mass is 889 g/mol. The Morgan fingerprint density at radius 3 is 0.810 bits per heavy atom. The molecule has 0 rings (SSSR count). The Balaban J connectivity index is 4.31. The molecule has 0 bridgehead atoms. The summed E-state index contributed by atoms with van der Waals surface area (Å²) in [6.45, 7) is 6.67. The van der Waals surface area contributed by atoms with Gasteiger partial charge in [0.05, 0.1) is 0 Å². The zero-order chi connectivity index (χ0) is 45.8. The zero-order valence-electron chi connectivity index (χ0n) is 42.6. The van der Waals surface area contributed by atoms with E-state index in [9.17, 15) is 14.4 Å². The Morgan fingerprint density at radius 2 is 0.524 bits per heavy atom. The molecule has 0 saturated carbocycles. The average molecular weight is 889 g/mol. The minimum atomic E-state index is -0.766. The molecule has 6 heteroatoms. The Hall–Kier alpha value is -1.85. The van der Waals surface area contributed by atoms with Crippen molar-refractivity contribution in [2.45, 2.75) is 322 Å². The van der Waals surface area contributed by atoms with Crippen molar-refractivity contribution in [1.29, 1.82) is 0 Å². The van der Waals surface area contributed by atoms with Crippen LogP contribution in [0, 0.1) is 0 Å². The van der Waals surface area contributed by atoms with Gasteiger partial charge in [-0.25, -0.2) is 0 Å². The molecule has 63 heavy (non-hydrogen) atoms. The number of rotatable bonds is 52. The number of carbonyl (C=O) groups excluding carboxylic acids is 3. The van der Waals surface area contributed by atoms with Crippen LogP contribution in [0.5, 0.6) is 0 Å². The predicted molar refractivity (Wildman–Crippen MR) is 270 cm³/mol. The molecule has 0 amide bonds. The summed E-state index contributed by atoms with van der Waals surface area (Å²) in [5.74, 6) is -0.848. The molecule has 372 valence electrons. The molecule has 0 aromatic rings. The first-order valence-corrected chi connectivity index (χ1v) is 28.2. The quantitative estimate of drug-likeness (QED) is 0.0262. The van der Waals surface area contributed by atoms with Crippen molar-refractivity contribution in [3.8, 4) is 0 Å². The second-order valence-electron chi connectivity index (χ2n) is 19.2. The molecule has 0 aliphatic carbocycles. The van der Waals surface area contributed by atoms with Crippen LogP contribution in [-0.2, 0) is 28.6 Å². The molecular formula is C57H108O6. The van der Waals surface area contributed by atoms with Gasteiger partial charge in [-0.2, -0.15) is 0 Å². The summed E-state index contributed by atoms with van der Waals surface area (Å²) in [6.07, 6.45) is 59.1. The standard InChI is InChI=1S/C57H108O6/c1-4-7-10-13-16-19-22-25-27-28-30-32-35-38-41-44-47-50-56(59)62-53-54(52-61-55(58)49-46-43-40-37-34-31-24-21-18-15-12-9-6-3)63-57(60)51-48-45-42-39-36-33-29-26-23-20-17-14-11-8-5-2/h20,23,54H,4-19,21-22,24-53H2,1-3H3/b23-20+/t54-/m1/s1. The van der Waals surface area contributed by atoms with Crippen molar-refractivity contribution in [1.82, 2.24) is 0 Å². The van der Waals surface area contributed by atoms with E-state index >= 15 is 0 Å². The van der Waals surface area contributed by atoms with Crippen LogP contribution in [0.15, 0.2) is 12.2 Å². The van der Waals surface area contributed by atoms with E-state index in [1.807, 2.05) is 0 Å². The third-order valence-corrected chi connectivity index (χ3v) is 12.8. The van der Waals surface area contributed by atoms with Crippen LogP contribution in [0.4, 0.5) is 0 Å². The maximum absolute atomic E-state index is 12.8. The zero-order valence-corrected chi connectivity index (χ0v) is 42.6. The van der Waals surface area contributed by atoms with Gasteiger partial charge in [0.15, 0.2) is 6.10 Å². The van der Waals surface area contributed by atoms with E-state index in [-0.39, 0.29) is 31.1 Å². The summed E-state index contributed by atoms with van der Waals surface area (Å²) < 4.78 is 16.9. The Kier molecular flexibility index (Phi) is 51.2. The molecule has 0 N–H and O–H groups in total. The van der Waals surface area contributed by atoms with E-state index in [1.54, 1.807) is 0 Å². The van der Waals surface area contributed by atoms with E-state index in [2.05, 4.69) is 32.9 Å². The highest BCUT2D eigenvalue weighted by Gasteiger charge is 2.19. The van der Waals surface area contributed by atoms with Gasteiger partial charge in [-0.05, 0) is 44.9 Å². The topological polar surface area (TPSA) is 78.9 Å². The molecule has 0 unspecified atom stereocenters. The lowest BCUT2D eigenvalue weighted by Crippen LogP contribution is -2.30. The first-order chi connectivity index (χ1) is 31.0. The molecule has 0 aromatic carbocycles. The number of allylic oxidation sites excluding steroid dienone is 2. The molecule has 1 atom stereocenters. The van der Waals surface area contributed by atoms with E-state index in [0.29, 0.717) is 19.3 Å². The lowest BCUT2D eigenvalue weighted by molar-refractivity contribution is -0.167. The van der Waals surface area contributed by atoms with Gasteiger partial charge in [-0.3, -0.25) is 14.4 Å². The minimum absolute atomic E-state index is 0.0659. The smallest absolute Gasteiger partial charge is 0.306 e. The summed E-state index contributed by atoms with van der Waals surface area (Å²) in [6, 6.07) is 0. The molecule has 0 saturated heterocycles. The molecule has 6 nitrogen and oxygen atoms in total. The lowest BCUT2D eigenvalue weighted by atomic mass is 10.0. The highest BCUT2D eigenvalue weighted by molar-refractivity contribution is 5.71. The van der Waals surface area contributed by atoms with E-state index < -0.39 is 6.10 Å². The summed E-state index contributed by atoms with van der Waals surface area (Å²) in [5, 5.41) is 0. The van der Waals surface area contributed by atoms with Gasteiger partial charge >= 0.3 is 17.9 Å². The molecule has 0 aromatic heterocycles. The van der Waals surface area contributed by atoms with Crippen LogP contribution >= 0.6 is 0 Å². The van der Waals surface area contributed by atoms with Crippen LogP contribution in [0.3, 0.4) is 0 Å². The van der Waals surface area contributed by atoms with Crippen molar-refractivity contribution >= 4 is 17.9 Å². The normalized spacial score (nSPS) is 12.0. The van der Waals surface area contributed by atoms with Gasteiger partial charge in [0.25, 0.3) is 0 Å². The Bertz CT molecular complexity index is 978. The maximum atomic E-state index is 12.8. The van der Waals surface area contributed by atoms with Crippen LogP contribution in [0.25, 0.3) is 0 Å². The largest absolute Gasteiger partial charge is 0.462 e. The van der Waals surface area contributed by atoms with Crippen LogP contribution in [0.1, 0.15) is 316 Å². The number of unbranched alkanes of at least 4 members (excludes halogenated alkanes) is 39. The summed E-state index contributed by atoms with van der Waals surface area (Å²) in [7, 11) is 0. The van der Waals surface area contributed by atoms with Crippen molar-refractivity contribution < 1.29 is 28.6 Å². The van der Waals surface area contributed by atoms with E-state index in [0.717, 1.165) is 57.8 Å². The molecular weight excluding hydrogens is 781 g/mol. The maximum Gasteiger partial charge on any atom is 0.306 e.